The Bertz CT molecular complexity index is 1400. The van der Waals surface area contributed by atoms with Crippen molar-refractivity contribution in [3.05, 3.63) is 53.1 Å². The third kappa shape index (κ3) is 10.9. The van der Waals surface area contributed by atoms with E-state index in [1.165, 1.54) is 0 Å². The number of nitrogens with zero attached hydrogens (tertiary/aromatic N) is 1. The molecule has 238 valence electrons. The number of guanidine groups is 1. The molecule has 10 nitrogen and oxygen atoms in total. The molecule has 43 heavy (non-hydrogen) atoms. The molecule has 2 amide bonds. The summed E-state index contributed by atoms with van der Waals surface area (Å²) in [5.41, 5.74) is 1.69. The van der Waals surface area contributed by atoms with Gasteiger partial charge in [0.05, 0.1) is 10.6 Å². The molecule has 0 fully saturated rings. The van der Waals surface area contributed by atoms with Crippen LogP contribution < -0.4 is 15.4 Å². The highest BCUT2D eigenvalue weighted by atomic mass is 32.2. The second kappa shape index (κ2) is 13.8. The smallest absolute Gasteiger partial charge is 0.414 e. The molecule has 0 aliphatic heterocycles. The standard InChI is InChI=1S/C32H48N4O6S/c1-19(2)24-17-18-25(20(3)4)27(26(24)21(5)6)43(39,40)36-23-15-13-22(14-16-23)33-28(34-29(37)41-31(7,8)9)35-30(38)42-32(10,11)12/h13-21,36H,1-12H3,(H2,33,34,35,37,38). The molecule has 0 aromatic heterocycles. The number of hydrogen-bond donors (Lipinski definition) is 3. The predicted molar refractivity (Wildman–Crippen MR) is 172 cm³/mol. The summed E-state index contributed by atoms with van der Waals surface area (Å²) >= 11 is 0. The van der Waals surface area contributed by atoms with Gasteiger partial charge in [-0.05, 0) is 100 Å². The van der Waals surface area contributed by atoms with Gasteiger partial charge in [-0.25, -0.2) is 23.0 Å². The number of anilines is 1. The van der Waals surface area contributed by atoms with Crippen LogP contribution in [-0.4, -0.2) is 37.8 Å². The first-order chi connectivity index (χ1) is 19.6. The Morgan fingerprint density at radius 1 is 0.698 bits per heavy atom. The monoisotopic (exact) mass is 616 g/mol. The first-order valence-electron chi connectivity index (χ1n) is 14.5. The van der Waals surface area contributed by atoms with Crippen molar-refractivity contribution in [1.29, 1.82) is 0 Å². The molecule has 0 aliphatic carbocycles. The van der Waals surface area contributed by atoms with Crippen LogP contribution in [0.25, 0.3) is 0 Å². The summed E-state index contributed by atoms with van der Waals surface area (Å²) in [4.78, 5) is 29.4. The molecule has 0 saturated carbocycles. The first kappa shape index (κ1) is 35.6. The van der Waals surface area contributed by atoms with Crippen LogP contribution in [0, 0.1) is 0 Å². The lowest BCUT2D eigenvalue weighted by atomic mass is 9.87. The van der Waals surface area contributed by atoms with Crippen LogP contribution in [0.4, 0.5) is 21.0 Å². The molecule has 3 N–H and O–H groups in total. The van der Waals surface area contributed by atoms with Gasteiger partial charge in [0, 0.05) is 5.69 Å². The molecular formula is C32H48N4O6S. The molecule has 0 unspecified atom stereocenters. The maximum atomic E-state index is 13.9. The Balaban J connectivity index is 2.46. The van der Waals surface area contributed by atoms with Gasteiger partial charge in [0.1, 0.15) is 11.2 Å². The van der Waals surface area contributed by atoms with E-state index in [0.717, 1.165) is 16.7 Å². The van der Waals surface area contributed by atoms with E-state index in [4.69, 9.17) is 9.47 Å². The lowest BCUT2D eigenvalue weighted by Gasteiger charge is -2.25. The lowest BCUT2D eigenvalue weighted by Crippen LogP contribution is -2.47. The van der Waals surface area contributed by atoms with Crippen LogP contribution in [0.2, 0.25) is 0 Å². The summed E-state index contributed by atoms with van der Waals surface area (Å²) in [6, 6.07) is 10.2. The summed E-state index contributed by atoms with van der Waals surface area (Å²) in [5.74, 6) is -0.0731. The van der Waals surface area contributed by atoms with Crippen molar-refractivity contribution in [2.24, 2.45) is 4.99 Å². The van der Waals surface area contributed by atoms with Crippen LogP contribution in [0.1, 0.15) is 118 Å². The molecule has 0 saturated heterocycles. The largest absolute Gasteiger partial charge is 0.444 e. The van der Waals surface area contributed by atoms with Gasteiger partial charge in [0.15, 0.2) is 0 Å². The normalized spacial score (nSPS) is 12.3. The van der Waals surface area contributed by atoms with Crippen molar-refractivity contribution < 1.29 is 27.5 Å². The van der Waals surface area contributed by atoms with E-state index in [1.807, 2.05) is 39.8 Å². The van der Waals surface area contributed by atoms with E-state index in [2.05, 4.69) is 34.2 Å². The number of hydrogen-bond acceptors (Lipinski definition) is 7. The number of carbonyl (C=O) groups excluding carboxylic acids is 2. The van der Waals surface area contributed by atoms with Gasteiger partial charge in [0.25, 0.3) is 10.0 Å². The molecule has 0 aliphatic rings. The minimum Gasteiger partial charge on any atom is -0.444 e. The zero-order valence-corrected chi connectivity index (χ0v) is 28.3. The molecule has 0 atom stereocenters. The lowest BCUT2D eigenvalue weighted by molar-refractivity contribution is 0.0545. The number of carbonyl (C=O) groups is 2. The molecular weight excluding hydrogens is 568 g/mol. The quantitative estimate of drug-likeness (QED) is 0.214. The number of alkyl carbamates (subject to hydrolysis) is 2. The van der Waals surface area contributed by atoms with Crippen molar-refractivity contribution in [1.82, 2.24) is 10.6 Å². The zero-order valence-electron chi connectivity index (χ0n) is 27.5. The number of nitrogens with one attached hydrogen (secondary N) is 3. The number of aliphatic imine (C=N–C) groups is 1. The Morgan fingerprint density at radius 3 is 1.53 bits per heavy atom. The fourth-order valence-corrected chi connectivity index (χ4v) is 6.12. The van der Waals surface area contributed by atoms with Crippen LogP contribution in [0.5, 0.6) is 0 Å². The average molecular weight is 617 g/mol. The topological polar surface area (TPSA) is 135 Å². The highest BCUT2D eigenvalue weighted by molar-refractivity contribution is 7.92. The second-order valence-corrected chi connectivity index (χ2v) is 14.9. The summed E-state index contributed by atoms with van der Waals surface area (Å²) in [6.07, 6.45) is -1.64. The van der Waals surface area contributed by atoms with Gasteiger partial charge in [-0.2, -0.15) is 0 Å². The van der Waals surface area contributed by atoms with Gasteiger partial charge >= 0.3 is 12.2 Å². The van der Waals surface area contributed by atoms with Crippen molar-refractivity contribution in [3.8, 4) is 0 Å². The van der Waals surface area contributed by atoms with Gasteiger partial charge in [-0.3, -0.25) is 15.4 Å². The van der Waals surface area contributed by atoms with Crippen molar-refractivity contribution >= 4 is 39.5 Å². The fourth-order valence-electron chi connectivity index (χ4n) is 4.31. The molecule has 0 radical (unpaired) electrons. The van der Waals surface area contributed by atoms with Crippen LogP contribution in [0.15, 0.2) is 46.3 Å². The summed E-state index contributed by atoms with van der Waals surface area (Å²) in [5, 5.41) is 4.85. The van der Waals surface area contributed by atoms with Crippen LogP contribution >= 0.6 is 0 Å². The van der Waals surface area contributed by atoms with E-state index >= 15 is 0 Å². The maximum Gasteiger partial charge on any atom is 0.414 e. The molecule has 0 spiro atoms. The van der Waals surface area contributed by atoms with Gasteiger partial charge in [-0.15, -0.1) is 0 Å². The molecule has 2 aromatic rings. The zero-order chi connectivity index (χ0) is 32.9. The average Bonchev–Trinajstić information content (AvgIpc) is 2.81. The van der Waals surface area contributed by atoms with Crippen molar-refractivity contribution in [2.75, 3.05) is 4.72 Å². The predicted octanol–water partition coefficient (Wildman–Crippen LogP) is 7.89. The Kier molecular flexibility index (Phi) is 11.4. The van der Waals surface area contributed by atoms with E-state index < -0.39 is 33.4 Å². The number of amides is 2. The maximum absolute atomic E-state index is 13.9. The number of ether oxygens (including phenoxy) is 2. The Hall–Kier alpha value is -3.60. The number of benzene rings is 2. The summed E-state index contributed by atoms with van der Waals surface area (Å²) < 4.78 is 41.1. The third-order valence-electron chi connectivity index (χ3n) is 5.95. The Labute approximate surface area is 257 Å². The molecule has 2 rings (SSSR count). The fraction of sp³-hybridized carbons (Fsp3) is 0.531. The number of rotatable bonds is 7. The summed E-state index contributed by atoms with van der Waals surface area (Å²) in [6.45, 7) is 22.3. The van der Waals surface area contributed by atoms with E-state index in [1.54, 1.807) is 65.8 Å². The second-order valence-electron chi connectivity index (χ2n) is 13.3. The Morgan fingerprint density at radius 2 is 1.14 bits per heavy atom. The highest BCUT2D eigenvalue weighted by Gasteiger charge is 2.29. The minimum atomic E-state index is -3.96. The minimum absolute atomic E-state index is 0.00429. The van der Waals surface area contributed by atoms with Crippen molar-refractivity contribution in [2.45, 2.75) is 117 Å². The van der Waals surface area contributed by atoms with Crippen molar-refractivity contribution in [3.63, 3.8) is 0 Å². The van der Waals surface area contributed by atoms with Crippen LogP contribution in [-0.2, 0) is 19.5 Å². The molecule has 11 heteroatoms. The summed E-state index contributed by atoms with van der Waals surface area (Å²) in [7, 11) is -3.96. The van der Waals surface area contributed by atoms with Gasteiger partial charge in [-0.1, -0.05) is 53.7 Å². The third-order valence-corrected chi connectivity index (χ3v) is 7.45. The van der Waals surface area contributed by atoms with Crippen LogP contribution in [0.3, 0.4) is 0 Å². The SMILES string of the molecule is CC(C)c1ccc(C(C)C)c(S(=O)(=O)Nc2ccc(N=C(NC(=O)OC(C)(C)C)NC(=O)OC(C)(C)C)cc2)c1C(C)C. The van der Waals surface area contributed by atoms with E-state index in [0.29, 0.717) is 16.3 Å². The molecule has 0 heterocycles. The highest BCUT2D eigenvalue weighted by Crippen LogP contribution is 2.38. The molecule has 2 aromatic carbocycles. The van der Waals surface area contributed by atoms with E-state index in [-0.39, 0.29) is 23.7 Å². The van der Waals surface area contributed by atoms with E-state index in [9.17, 15) is 18.0 Å². The molecule has 0 bridgehead atoms. The van der Waals surface area contributed by atoms with Gasteiger partial charge < -0.3 is 9.47 Å². The van der Waals surface area contributed by atoms with Gasteiger partial charge in [0.2, 0.25) is 5.96 Å². The number of sulfonamides is 1. The first-order valence-corrected chi connectivity index (χ1v) is 16.0.